The van der Waals surface area contributed by atoms with Gasteiger partial charge in [0.25, 0.3) is 0 Å². The van der Waals surface area contributed by atoms with Crippen molar-refractivity contribution in [1.82, 2.24) is 50.2 Å². The van der Waals surface area contributed by atoms with Gasteiger partial charge in [-0.05, 0) is 93.3 Å². The standard InChI is InChI=1S/C65H114N10O12/c1-26-28-29-30-42(15)56(78)55-59(81)68-47(27-2)62(84)69(19)35-52(77)73(23)54(43(16)39(9)10)51(76)34-46(40(11)12)61(83)70(20)48(31-36(3)4)58(80)66-44(17)57(79)67-45(18)60(82)71(21)49(32-37(5)6)63(85)72(22)50(33-38(7)8)64(86)74(24)53(41(13)14)65(87)75(55)25/h26,28-29,36-50,53-56,78H,1,27,30-35H2,2-25H3,(H,66,80)(H,67,79)(H,68,81)/b29-28+/t42-,43?,44+,45-,46+,47+,48+,49+,50+,53+,54+,55+,56-/m1/s1. The molecule has 1 saturated heterocycles. The lowest BCUT2D eigenvalue weighted by molar-refractivity contribution is -0.157. The molecule has 87 heavy (non-hydrogen) atoms. The van der Waals surface area contributed by atoms with E-state index in [0.29, 0.717) is 0 Å². The van der Waals surface area contributed by atoms with Crippen LogP contribution < -0.4 is 16.0 Å². The SMILES string of the molecule is C=C/C=C/C[C@@H](C)[C@@H](O)[C@H]1C(=O)N[C@@H](CC)C(=O)N(C)CC(=O)N(C)[C@@H](C(C)C(C)C)C(=O)C[C@@H](C(C)C)C(=O)N(C)[C@@H](CC(C)C)C(=O)N[C@@H](C)C(=O)N[C@H](C)C(=O)N(C)[C@@H](CC(C)C)C(=O)N(C)[C@@H](CC(C)C)C(=O)N(C)[C@@H](C(C)C)C(=O)N1C. The summed E-state index contributed by atoms with van der Waals surface area (Å²) in [4.78, 5) is 170. The second-order valence-electron chi connectivity index (χ2n) is 26.9. The Labute approximate surface area is 521 Å². The number of nitrogens with one attached hydrogen (secondary N) is 3. The van der Waals surface area contributed by atoms with E-state index in [2.05, 4.69) is 22.5 Å². The molecule has 0 saturated carbocycles. The van der Waals surface area contributed by atoms with Gasteiger partial charge in [0.1, 0.15) is 48.3 Å². The maximum absolute atomic E-state index is 15.2. The highest BCUT2D eigenvalue weighted by atomic mass is 16.3. The van der Waals surface area contributed by atoms with Crippen molar-refractivity contribution in [3.63, 3.8) is 0 Å². The molecule has 1 aliphatic heterocycles. The van der Waals surface area contributed by atoms with Gasteiger partial charge in [-0.1, -0.05) is 129 Å². The Morgan fingerprint density at radius 2 is 0.977 bits per heavy atom. The molecule has 1 aliphatic rings. The highest BCUT2D eigenvalue weighted by Gasteiger charge is 2.46. The molecule has 0 aromatic rings. The first-order chi connectivity index (χ1) is 40.1. The minimum atomic E-state index is -1.63. The van der Waals surface area contributed by atoms with Crippen LogP contribution in [-0.4, -0.2) is 221 Å². The van der Waals surface area contributed by atoms with E-state index in [1.807, 2.05) is 62.3 Å². The summed E-state index contributed by atoms with van der Waals surface area (Å²) in [7, 11) is 10.0. The largest absolute Gasteiger partial charge is 0.390 e. The summed E-state index contributed by atoms with van der Waals surface area (Å²) in [6.07, 6.45) is 3.90. The second kappa shape index (κ2) is 35.7. The van der Waals surface area contributed by atoms with E-state index in [0.717, 1.165) is 9.80 Å². The summed E-state index contributed by atoms with van der Waals surface area (Å²) in [6.45, 7) is 33.3. The van der Waals surface area contributed by atoms with E-state index in [1.165, 1.54) is 87.7 Å². The van der Waals surface area contributed by atoms with E-state index in [4.69, 9.17) is 0 Å². The predicted molar refractivity (Wildman–Crippen MR) is 339 cm³/mol. The Bertz CT molecular complexity index is 2410. The van der Waals surface area contributed by atoms with Crippen LogP contribution in [0.15, 0.2) is 24.8 Å². The lowest BCUT2D eigenvalue weighted by atomic mass is 9.81. The Morgan fingerprint density at radius 1 is 0.517 bits per heavy atom. The average Bonchev–Trinajstić information content (AvgIpc) is 1.19. The Balaban J connectivity index is 4.38. The topological polar surface area (TPSA) is 267 Å². The number of hydrogen-bond acceptors (Lipinski definition) is 12. The molecule has 4 N–H and O–H groups in total. The molecule has 496 valence electrons. The van der Waals surface area contributed by atoms with Gasteiger partial charge in [-0.25, -0.2) is 0 Å². The van der Waals surface area contributed by atoms with E-state index in [-0.39, 0.29) is 62.2 Å². The minimum absolute atomic E-state index is 0.0195. The number of aliphatic hydroxyl groups excluding tert-OH is 1. The first-order valence-electron chi connectivity index (χ1n) is 31.4. The first kappa shape index (κ1) is 78.8. The van der Waals surface area contributed by atoms with Crippen LogP contribution in [0.2, 0.25) is 0 Å². The molecular weight excluding hydrogens is 1110 g/mol. The molecule has 1 heterocycles. The molecule has 0 aromatic carbocycles. The smallest absolute Gasteiger partial charge is 0.246 e. The normalized spacial score (nSPS) is 27.0. The number of Topliss-reactive ketones (excluding diaryl/α,β-unsaturated/α-hetero) is 1. The molecular formula is C65H114N10O12. The fraction of sp³-hybridized carbons (Fsp3) is 0.769. The zero-order chi connectivity index (χ0) is 67.6. The van der Waals surface area contributed by atoms with Crippen molar-refractivity contribution in [2.45, 2.75) is 217 Å². The van der Waals surface area contributed by atoms with Crippen LogP contribution in [0.4, 0.5) is 0 Å². The van der Waals surface area contributed by atoms with E-state index in [9.17, 15) is 48.3 Å². The first-order valence-corrected chi connectivity index (χ1v) is 31.4. The fourth-order valence-corrected chi connectivity index (χ4v) is 11.3. The summed E-state index contributed by atoms with van der Waals surface area (Å²) in [5.41, 5.74) is 0. The van der Waals surface area contributed by atoms with Gasteiger partial charge >= 0.3 is 0 Å². The van der Waals surface area contributed by atoms with Crippen molar-refractivity contribution in [1.29, 1.82) is 0 Å². The summed E-state index contributed by atoms with van der Waals surface area (Å²) in [5, 5.41) is 20.3. The lowest BCUT2D eigenvalue weighted by Gasteiger charge is -2.41. The third kappa shape index (κ3) is 21.8. The molecule has 1 fully saturated rings. The molecule has 10 amide bonds. The molecule has 22 heteroatoms. The highest BCUT2D eigenvalue weighted by Crippen LogP contribution is 2.29. The van der Waals surface area contributed by atoms with Gasteiger partial charge in [0.15, 0.2) is 5.78 Å². The summed E-state index contributed by atoms with van der Waals surface area (Å²) < 4.78 is 0. The van der Waals surface area contributed by atoms with Gasteiger partial charge in [-0.15, -0.1) is 0 Å². The number of rotatable bonds is 16. The maximum atomic E-state index is 15.2. The Morgan fingerprint density at radius 3 is 1.44 bits per heavy atom. The minimum Gasteiger partial charge on any atom is -0.390 e. The third-order valence-corrected chi connectivity index (χ3v) is 17.3. The van der Waals surface area contributed by atoms with Crippen molar-refractivity contribution < 1.29 is 57.8 Å². The van der Waals surface area contributed by atoms with Crippen LogP contribution in [0.25, 0.3) is 0 Å². The van der Waals surface area contributed by atoms with Gasteiger partial charge in [-0.3, -0.25) is 52.7 Å². The monoisotopic (exact) mass is 1230 g/mol. The zero-order valence-electron chi connectivity index (χ0n) is 57.4. The van der Waals surface area contributed by atoms with Crippen molar-refractivity contribution >= 4 is 64.9 Å². The predicted octanol–water partition coefficient (Wildman–Crippen LogP) is 4.77. The third-order valence-electron chi connectivity index (χ3n) is 17.3. The van der Waals surface area contributed by atoms with Crippen molar-refractivity contribution in [2.75, 3.05) is 55.9 Å². The number of amides is 10. The number of nitrogens with zero attached hydrogens (tertiary/aromatic N) is 7. The molecule has 0 aliphatic carbocycles. The molecule has 0 bridgehead atoms. The second-order valence-corrected chi connectivity index (χ2v) is 26.9. The number of likely N-dealkylation sites (N-methyl/N-ethyl adjacent to an activating group) is 7. The summed E-state index contributed by atoms with van der Waals surface area (Å²) in [5.74, 6) is -10.6. The van der Waals surface area contributed by atoms with Gasteiger partial charge in [0.2, 0.25) is 59.1 Å². The maximum Gasteiger partial charge on any atom is 0.246 e. The fourth-order valence-electron chi connectivity index (χ4n) is 11.3. The number of carbonyl (C=O) groups excluding carboxylic acids is 11. The van der Waals surface area contributed by atoms with Gasteiger partial charge in [0, 0.05) is 61.7 Å². The number of allylic oxidation sites excluding steroid dienone is 3. The number of ketones is 1. The van der Waals surface area contributed by atoms with Crippen LogP contribution in [0, 0.1) is 53.3 Å². The number of carbonyl (C=O) groups is 11. The van der Waals surface area contributed by atoms with E-state index < -0.39 is 161 Å². The van der Waals surface area contributed by atoms with Crippen LogP contribution in [0.5, 0.6) is 0 Å². The molecule has 0 aromatic heterocycles. The van der Waals surface area contributed by atoms with E-state index >= 15 is 9.59 Å². The lowest BCUT2D eigenvalue weighted by Crippen LogP contribution is -2.63. The number of aliphatic hydroxyl groups is 1. The van der Waals surface area contributed by atoms with Crippen molar-refractivity contribution in [3.05, 3.63) is 24.8 Å². The molecule has 13 atom stereocenters. The van der Waals surface area contributed by atoms with Gasteiger partial charge in [-0.2, -0.15) is 0 Å². The average molecular weight is 1230 g/mol. The molecule has 0 spiro atoms. The molecule has 1 unspecified atom stereocenters. The van der Waals surface area contributed by atoms with E-state index in [1.54, 1.807) is 59.8 Å². The summed E-state index contributed by atoms with van der Waals surface area (Å²) in [6, 6.07) is -11.1. The van der Waals surface area contributed by atoms with Crippen molar-refractivity contribution in [2.24, 2.45) is 53.3 Å². The quantitative estimate of drug-likeness (QED) is 0.152. The highest BCUT2D eigenvalue weighted by molar-refractivity contribution is 5.99. The summed E-state index contributed by atoms with van der Waals surface area (Å²) >= 11 is 0. The van der Waals surface area contributed by atoms with Crippen LogP contribution >= 0.6 is 0 Å². The van der Waals surface area contributed by atoms with Crippen LogP contribution in [0.1, 0.15) is 156 Å². The van der Waals surface area contributed by atoms with Crippen LogP contribution in [0.3, 0.4) is 0 Å². The van der Waals surface area contributed by atoms with Gasteiger partial charge in [0.05, 0.1) is 18.7 Å². The molecule has 1 rings (SSSR count). The zero-order valence-corrected chi connectivity index (χ0v) is 57.4. The van der Waals surface area contributed by atoms with Gasteiger partial charge < -0.3 is 55.4 Å². The Hall–Kier alpha value is -6.19. The molecule has 22 nitrogen and oxygen atoms in total. The van der Waals surface area contributed by atoms with Crippen molar-refractivity contribution in [3.8, 4) is 0 Å². The van der Waals surface area contributed by atoms with Crippen LogP contribution in [-0.2, 0) is 52.7 Å². The molecule has 0 radical (unpaired) electrons. The Kier molecular flexibility index (Phi) is 32.4. The number of hydrogen-bond donors (Lipinski definition) is 4.